The smallest absolute Gasteiger partial charge is 0.122 e. The van der Waals surface area contributed by atoms with Crippen molar-refractivity contribution in [3.63, 3.8) is 0 Å². The number of ether oxygens (including phenoxy) is 6. The Hall–Kier alpha value is -4.04. The fourth-order valence-electron chi connectivity index (χ4n) is 5.34. The molecule has 2 fully saturated rings. The molecule has 2 unspecified atom stereocenters. The molecule has 0 spiro atoms. The average Bonchev–Trinajstić information content (AvgIpc) is 4.06. The number of hydrogen-bond acceptors (Lipinski definition) is 7. The molecule has 7 heteroatoms. The van der Waals surface area contributed by atoms with Crippen molar-refractivity contribution in [3.8, 4) is 23.0 Å². The van der Waals surface area contributed by atoms with Gasteiger partial charge in [0.05, 0.1) is 13.2 Å². The molecule has 0 saturated carbocycles. The lowest BCUT2D eigenvalue weighted by Gasteiger charge is -2.26. The number of aliphatic hydroxyl groups is 1. The van der Waals surface area contributed by atoms with Crippen LogP contribution in [0, 0.1) is 0 Å². The van der Waals surface area contributed by atoms with Gasteiger partial charge < -0.3 is 33.5 Å². The number of rotatable bonds is 16. The van der Waals surface area contributed by atoms with Crippen LogP contribution in [0.5, 0.6) is 23.0 Å². The molecule has 2 aliphatic heterocycles. The molecule has 256 valence electrons. The van der Waals surface area contributed by atoms with Gasteiger partial charge in [-0.25, -0.2) is 0 Å². The van der Waals surface area contributed by atoms with Crippen LogP contribution >= 0.6 is 0 Å². The van der Waals surface area contributed by atoms with Crippen LogP contribution in [0.15, 0.2) is 97.1 Å². The molecular weight excluding hydrogens is 604 g/mol. The summed E-state index contributed by atoms with van der Waals surface area (Å²) in [5, 5.41) is 10.5. The predicted molar refractivity (Wildman–Crippen MR) is 189 cm³/mol. The summed E-state index contributed by atoms with van der Waals surface area (Å²) in [6, 6.07) is 32.6. The first kappa shape index (κ1) is 35.3. The molecule has 48 heavy (non-hydrogen) atoms. The molecule has 6 rings (SSSR count). The van der Waals surface area contributed by atoms with Gasteiger partial charge in [0.15, 0.2) is 0 Å². The Morgan fingerprint density at radius 2 is 0.771 bits per heavy atom. The van der Waals surface area contributed by atoms with Gasteiger partial charge in [-0.3, -0.25) is 0 Å². The van der Waals surface area contributed by atoms with Gasteiger partial charge in [-0.1, -0.05) is 90.1 Å². The Kier molecular flexibility index (Phi) is 11.7. The van der Waals surface area contributed by atoms with Crippen molar-refractivity contribution in [2.45, 2.75) is 70.7 Å². The van der Waals surface area contributed by atoms with Crippen LogP contribution in [0.25, 0.3) is 0 Å². The minimum absolute atomic E-state index is 0.134. The molecule has 0 amide bonds. The highest BCUT2D eigenvalue weighted by Crippen LogP contribution is 2.35. The summed E-state index contributed by atoms with van der Waals surface area (Å²) in [6.45, 7) is 15.8. The fraction of sp³-hybridized carbons (Fsp3) is 0.415. The summed E-state index contributed by atoms with van der Waals surface area (Å²) in [6.07, 6.45) is -0.289. The van der Waals surface area contributed by atoms with Crippen molar-refractivity contribution >= 4 is 0 Å². The lowest BCUT2D eigenvalue weighted by Crippen LogP contribution is -2.25. The zero-order valence-corrected chi connectivity index (χ0v) is 29.1. The first-order valence-corrected chi connectivity index (χ1v) is 17.0. The third-order valence-corrected chi connectivity index (χ3v) is 8.87. The summed E-state index contributed by atoms with van der Waals surface area (Å²) in [7, 11) is 0. The lowest BCUT2D eigenvalue weighted by atomic mass is 9.78. The molecule has 2 atom stereocenters. The highest BCUT2D eigenvalue weighted by atomic mass is 16.6. The van der Waals surface area contributed by atoms with E-state index in [1.54, 1.807) is 0 Å². The maximum atomic E-state index is 10.5. The third kappa shape index (κ3) is 9.53. The minimum Gasteiger partial charge on any atom is -0.491 e. The maximum absolute atomic E-state index is 10.5. The molecule has 2 saturated heterocycles. The Labute approximate surface area is 285 Å². The van der Waals surface area contributed by atoms with Crippen molar-refractivity contribution in [1.29, 1.82) is 0 Å². The summed E-state index contributed by atoms with van der Waals surface area (Å²) >= 11 is 0. The number of hydrogen-bond donors (Lipinski definition) is 1. The van der Waals surface area contributed by atoms with Crippen molar-refractivity contribution in [2.24, 2.45) is 0 Å². The van der Waals surface area contributed by atoms with E-state index in [0.29, 0.717) is 24.7 Å². The van der Waals surface area contributed by atoms with E-state index in [-0.39, 0.29) is 36.3 Å². The van der Waals surface area contributed by atoms with Crippen LogP contribution in [0.2, 0.25) is 0 Å². The van der Waals surface area contributed by atoms with Gasteiger partial charge in [0.1, 0.15) is 67.7 Å². The van der Waals surface area contributed by atoms with Crippen molar-refractivity contribution in [3.05, 3.63) is 119 Å². The molecule has 2 heterocycles. The van der Waals surface area contributed by atoms with E-state index < -0.39 is 6.10 Å². The van der Waals surface area contributed by atoms with E-state index in [2.05, 4.69) is 76.2 Å². The Morgan fingerprint density at radius 1 is 0.521 bits per heavy atom. The molecule has 4 aromatic carbocycles. The van der Waals surface area contributed by atoms with Crippen LogP contribution in [-0.4, -0.2) is 63.1 Å². The topological polar surface area (TPSA) is 82.2 Å². The van der Waals surface area contributed by atoms with Gasteiger partial charge in [0, 0.05) is 10.8 Å². The monoisotopic (exact) mass is 654 g/mol. The van der Waals surface area contributed by atoms with E-state index in [9.17, 15) is 5.11 Å². The second-order valence-electron chi connectivity index (χ2n) is 13.2. The SMILES string of the molecule is CC.CC(C)(c1ccc(OCC(O)COc2ccc(C(C)(C)c3ccc(OCC4CO4)cc3)cc2)cc1)c1ccc(OCC2CO2)cc1. The van der Waals surface area contributed by atoms with Gasteiger partial charge in [0.25, 0.3) is 0 Å². The molecule has 0 aliphatic carbocycles. The van der Waals surface area contributed by atoms with E-state index in [1.165, 1.54) is 22.3 Å². The van der Waals surface area contributed by atoms with Crippen LogP contribution < -0.4 is 18.9 Å². The van der Waals surface area contributed by atoms with E-state index in [0.717, 1.165) is 24.7 Å². The largest absolute Gasteiger partial charge is 0.491 e. The van der Waals surface area contributed by atoms with Crippen LogP contribution in [0.1, 0.15) is 63.8 Å². The van der Waals surface area contributed by atoms with Crippen molar-refractivity contribution < 1.29 is 33.5 Å². The Bertz CT molecular complexity index is 1420. The van der Waals surface area contributed by atoms with Gasteiger partial charge in [-0.05, 0) is 70.8 Å². The Balaban J connectivity index is 0.00000221. The first-order chi connectivity index (χ1) is 23.2. The molecule has 0 aromatic heterocycles. The quantitative estimate of drug-likeness (QED) is 0.124. The molecule has 4 aromatic rings. The predicted octanol–water partition coefficient (Wildman–Crippen LogP) is 7.74. The summed E-state index contributed by atoms with van der Waals surface area (Å²) in [5.41, 5.74) is 4.33. The minimum atomic E-state index is -0.772. The van der Waals surface area contributed by atoms with E-state index in [1.807, 2.05) is 62.4 Å². The standard InChI is InChI=1S/C39H44O7.C2H6/c1-38(2,29-9-17-34(18-10-29)43-23-36-25-45-36)27-5-13-32(14-6-27)41-21-31(40)22-42-33-15-7-28(8-16-33)39(3,4)30-11-19-35(20-12-30)44-24-37-26-46-37;1-2/h5-20,31,36-37,40H,21-26H2,1-4H3;1-2H3. The molecular formula is C41H50O7. The lowest BCUT2D eigenvalue weighted by molar-refractivity contribution is 0.0626. The normalized spacial score (nSPS) is 17.4. The molecule has 1 N–H and O–H groups in total. The number of aliphatic hydroxyl groups excluding tert-OH is 1. The van der Waals surface area contributed by atoms with Crippen LogP contribution in [0.3, 0.4) is 0 Å². The summed E-state index contributed by atoms with van der Waals surface area (Å²) in [5.74, 6) is 3.11. The first-order valence-electron chi connectivity index (χ1n) is 17.0. The third-order valence-electron chi connectivity index (χ3n) is 8.87. The van der Waals surface area contributed by atoms with E-state index >= 15 is 0 Å². The van der Waals surface area contributed by atoms with Gasteiger partial charge in [0.2, 0.25) is 0 Å². The molecule has 0 bridgehead atoms. The van der Waals surface area contributed by atoms with Crippen molar-refractivity contribution in [1.82, 2.24) is 0 Å². The molecule has 0 radical (unpaired) electrons. The van der Waals surface area contributed by atoms with Crippen LogP contribution in [-0.2, 0) is 20.3 Å². The van der Waals surface area contributed by atoms with Crippen molar-refractivity contribution in [2.75, 3.05) is 39.6 Å². The highest BCUT2D eigenvalue weighted by molar-refractivity contribution is 5.43. The summed E-state index contributed by atoms with van der Waals surface area (Å²) in [4.78, 5) is 0. The average molecular weight is 655 g/mol. The van der Waals surface area contributed by atoms with Gasteiger partial charge in [-0.2, -0.15) is 0 Å². The molecule has 2 aliphatic rings. The second-order valence-corrected chi connectivity index (χ2v) is 13.2. The number of benzene rings is 4. The Morgan fingerprint density at radius 3 is 1.02 bits per heavy atom. The fourth-order valence-corrected chi connectivity index (χ4v) is 5.34. The van der Waals surface area contributed by atoms with E-state index in [4.69, 9.17) is 28.4 Å². The van der Waals surface area contributed by atoms with Gasteiger partial charge in [-0.15, -0.1) is 0 Å². The summed E-state index contributed by atoms with van der Waals surface area (Å²) < 4.78 is 33.7. The molecule has 7 nitrogen and oxygen atoms in total. The number of epoxide rings is 2. The highest BCUT2D eigenvalue weighted by Gasteiger charge is 2.26. The zero-order valence-electron chi connectivity index (χ0n) is 29.1. The zero-order chi connectivity index (χ0) is 34.1. The second kappa shape index (κ2) is 15.9. The van der Waals surface area contributed by atoms with Gasteiger partial charge >= 0.3 is 0 Å². The maximum Gasteiger partial charge on any atom is 0.122 e. The van der Waals surface area contributed by atoms with Crippen LogP contribution in [0.4, 0.5) is 0 Å².